The third kappa shape index (κ3) is 2.57. The molecule has 0 atom stereocenters. The Kier molecular flexibility index (Phi) is 4.19. The van der Waals surface area contributed by atoms with E-state index >= 15 is 0 Å². The summed E-state index contributed by atoms with van der Waals surface area (Å²) in [6, 6.07) is 3.50. The molecule has 1 aromatic carbocycles. The minimum atomic E-state index is -0.295. The first-order valence-electron chi connectivity index (χ1n) is 5.69. The first-order valence-corrected chi connectivity index (χ1v) is 6.50. The van der Waals surface area contributed by atoms with Crippen LogP contribution in [0.2, 0.25) is 0 Å². The number of hydrogen-bond acceptors (Lipinski definition) is 6. The van der Waals surface area contributed by atoms with E-state index in [1.54, 1.807) is 18.2 Å². The summed E-state index contributed by atoms with van der Waals surface area (Å²) in [5, 5.41) is 9.96. The van der Waals surface area contributed by atoms with Crippen molar-refractivity contribution in [2.24, 2.45) is 0 Å². The molecule has 0 aromatic heterocycles. The number of rotatable bonds is 4. The Bertz CT molecular complexity index is 598. The maximum Gasteiger partial charge on any atom is 0.264 e. The van der Waals surface area contributed by atoms with Crippen LogP contribution in [0.3, 0.4) is 0 Å². The number of nitrogens with one attached hydrogen (secondary N) is 2. The van der Waals surface area contributed by atoms with E-state index in [-0.39, 0.29) is 11.1 Å². The Morgan fingerprint density at radius 3 is 2.35 bits per heavy atom. The maximum atomic E-state index is 11.6. The van der Waals surface area contributed by atoms with Gasteiger partial charge in [0.1, 0.15) is 0 Å². The van der Waals surface area contributed by atoms with Gasteiger partial charge in [0.05, 0.1) is 26.2 Å². The van der Waals surface area contributed by atoms with Crippen LogP contribution in [0.1, 0.15) is 5.56 Å². The topological polar surface area (TPSA) is 80.6 Å². The van der Waals surface area contributed by atoms with Gasteiger partial charge in [-0.2, -0.15) is 0 Å². The summed E-state index contributed by atoms with van der Waals surface area (Å²) >= 11 is 1.07. The van der Waals surface area contributed by atoms with Gasteiger partial charge in [0.25, 0.3) is 5.91 Å². The molecule has 2 N–H and O–H groups in total. The van der Waals surface area contributed by atoms with Crippen LogP contribution in [-0.4, -0.2) is 32.4 Å². The van der Waals surface area contributed by atoms with E-state index in [2.05, 4.69) is 5.32 Å². The smallest absolute Gasteiger partial charge is 0.264 e. The van der Waals surface area contributed by atoms with Crippen molar-refractivity contribution in [1.29, 1.82) is 5.41 Å². The third-order valence-electron chi connectivity index (χ3n) is 2.68. The zero-order valence-electron chi connectivity index (χ0n) is 11.3. The van der Waals surface area contributed by atoms with Crippen LogP contribution in [0, 0.1) is 5.41 Å². The number of carbonyl (C=O) groups excluding carboxylic acids is 1. The van der Waals surface area contributed by atoms with Gasteiger partial charge in [-0.25, -0.2) is 0 Å². The van der Waals surface area contributed by atoms with Crippen molar-refractivity contribution in [3.8, 4) is 17.2 Å². The molecule has 1 aliphatic rings. The number of carbonyl (C=O) groups is 1. The standard InChI is InChI=1S/C13H14N2O4S/c1-17-8-5-4-7(10(18-2)11(8)19-3)6-9-12(16)15-13(14)20-9/h4-6H,1-3H3,(H2,14,15,16). The van der Waals surface area contributed by atoms with Crippen molar-refractivity contribution in [2.45, 2.75) is 0 Å². The predicted molar refractivity (Wildman–Crippen MR) is 77.5 cm³/mol. The summed E-state index contributed by atoms with van der Waals surface area (Å²) in [5.74, 6) is 1.19. The third-order valence-corrected chi connectivity index (χ3v) is 3.51. The lowest BCUT2D eigenvalue weighted by Gasteiger charge is -2.14. The Balaban J connectivity index is 2.50. The molecular formula is C13H14N2O4S. The summed E-state index contributed by atoms with van der Waals surface area (Å²) in [5.41, 5.74) is 0.678. The van der Waals surface area contributed by atoms with E-state index in [1.165, 1.54) is 21.3 Å². The molecular weight excluding hydrogens is 280 g/mol. The highest BCUT2D eigenvalue weighted by atomic mass is 32.2. The van der Waals surface area contributed by atoms with Gasteiger partial charge < -0.3 is 19.5 Å². The van der Waals surface area contributed by atoms with Gasteiger partial charge >= 0.3 is 0 Å². The van der Waals surface area contributed by atoms with Gasteiger partial charge in [0.2, 0.25) is 5.75 Å². The lowest BCUT2D eigenvalue weighted by molar-refractivity contribution is -0.115. The molecule has 1 heterocycles. The normalized spacial score (nSPS) is 16.2. The monoisotopic (exact) mass is 294 g/mol. The fourth-order valence-electron chi connectivity index (χ4n) is 1.82. The first kappa shape index (κ1) is 14.3. The average molecular weight is 294 g/mol. The Morgan fingerprint density at radius 2 is 1.85 bits per heavy atom. The van der Waals surface area contributed by atoms with Crippen molar-refractivity contribution >= 4 is 28.9 Å². The lowest BCUT2D eigenvalue weighted by atomic mass is 10.1. The molecule has 1 aromatic rings. The molecule has 0 spiro atoms. The molecule has 20 heavy (non-hydrogen) atoms. The molecule has 1 fully saturated rings. The molecule has 0 saturated carbocycles. The van der Waals surface area contributed by atoms with Crippen molar-refractivity contribution in [3.05, 3.63) is 22.6 Å². The van der Waals surface area contributed by atoms with Crippen LogP contribution >= 0.6 is 11.8 Å². The predicted octanol–water partition coefficient (Wildman–Crippen LogP) is 1.85. The minimum Gasteiger partial charge on any atom is -0.493 e. The Hall–Kier alpha value is -2.15. The lowest BCUT2D eigenvalue weighted by Crippen LogP contribution is -2.18. The second-order valence-electron chi connectivity index (χ2n) is 3.82. The summed E-state index contributed by atoms with van der Waals surface area (Å²) in [6.45, 7) is 0. The number of benzene rings is 1. The largest absolute Gasteiger partial charge is 0.493 e. The molecule has 0 bridgehead atoms. The van der Waals surface area contributed by atoms with Crippen LogP contribution in [0.15, 0.2) is 17.0 Å². The van der Waals surface area contributed by atoms with Crippen LogP contribution in [0.5, 0.6) is 17.2 Å². The van der Waals surface area contributed by atoms with E-state index in [0.717, 1.165) is 11.8 Å². The van der Waals surface area contributed by atoms with E-state index in [1.807, 2.05) is 0 Å². The zero-order valence-corrected chi connectivity index (χ0v) is 12.1. The molecule has 1 aliphatic heterocycles. The molecule has 106 valence electrons. The summed E-state index contributed by atoms with van der Waals surface area (Å²) < 4.78 is 15.8. The number of hydrogen-bond donors (Lipinski definition) is 2. The average Bonchev–Trinajstić information content (AvgIpc) is 2.76. The number of methoxy groups -OCH3 is 3. The second-order valence-corrected chi connectivity index (χ2v) is 4.87. The highest BCUT2D eigenvalue weighted by Crippen LogP contribution is 2.41. The molecule has 2 rings (SSSR count). The molecule has 0 aliphatic carbocycles. The fourth-order valence-corrected chi connectivity index (χ4v) is 2.51. The van der Waals surface area contributed by atoms with Crippen molar-refractivity contribution in [2.75, 3.05) is 21.3 Å². The van der Waals surface area contributed by atoms with Gasteiger partial charge in [0.15, 0.2) is 16.7 Å². The number of ether oxygens (including phenoxy) is 3. The minimum absolute atomic E-state index is 0.112. The van der Waals surface area contributed by atoms with Crippen LogP contribution in [0.4, 0.5) is 0 Å². The van der Waals surface area contributed by atoms with E-state index < -0.39 is 0 Å². The molecule has 1 amide bonds. The molecule has 6 nitrogen and oxygen atoms in total. The van der Waals surface area contributed by atoms with Crippen molar-refractivity contribution < 1.29 is 19.0 Å². The van der Waals surface area contributed by atoms with Gasteiger partial charge in [-0.15, -0.1) is 0 Å². The first-order chi connectivity index (χ1) is 9.60. The van der Waals surface area contributed by atoms with Gasteiger partial charge in [-0.3, -0.25) is 10.2 Å². The van der Waals surface area contributed by atoms with Gasteiger partial charge in [-0.05, 0) is 30.0 Å². The van der Waals surface area contributed by atoms with E-state index in [9.17, 15) is 4.79 Å². The SMILES string of the molecule is COc1ccc(C=C2SC(=N)NC2=O)c(OC)c1OC. The highest BCUT2D eigenvalue weighted by Gasteiger charge is 2.23. The van der Waals surface area contributed by atoms with Crippen molar-refractivity contribution in [1.82, 2.24) is 5.32 Å². The number of thioether (sulfide) groups is 1. The molecule has 1 saturated heterocycles. The fraction of sp³-hybridized carbons (Fsp3) is 0.231. The molecule has 0 unspecified atom stereocenters. The highest BCUT2D eigenvalue weighted by molar-refractivity contribution is 8.18. The van der Waals surface area contributed by atoms with E-state index in [4.69, 9.17) is 19.6 Å². The quantitative estimate of drug-likeness (QED) is 0.828. The van der Waals surface area contributed by atoms with Crippen LogP contribution < -0.4 is 19.5 Å². The van der Waals surface area contributed by atoms with Gasteiger partial charge in [0, 0.05) is 5.56 Å². The van der Waals surface area contributed by atoms with Crippen molar-refractivity contribution in [3.63, 3.8) is 0 Å². The summed E-state index contributed by atoms with van der Waals surface area (Å²) in [4.78, 5) is 12.1. The molecule has 7 heteroatoms. The zero-order chi connectivity index (χ0) is 14.7. The summed E-state index contributed by atoms with van der Waals surface area (Å²) in [7, 11) is 4.57. The maximum absolute atomic E-state index is 11.6. The van der Waals surface area contributed by atoms with Crippen LogP contribution in [0.25, 0.3) is 6.08 Å². The van der Waals surface area contributed by atoms with Crippen LogP contribution in [-0.2, 0) is 4.79 Å². The molecule has 0 radical (unpaired) electrons. The Morgan fingerprint density at radius 1 is 1.15 bits per heavy atom. The summed E-state index contributed by atoms with van der Waals surface area (Å²) in [6.07, 6.45) is 1.66. The second kappa shape index (κ2) is 5.87. The van der Waals surface area contributed by atoms with E-state index in [0.29, 0.717) is 27.7 Å². The Labute approximate surface area is 120 Å². The number of amides is 1. The number of amidine groups is 1. The van der Waals surface area contributed by atoms with Gasteiger partial charge in [-0.1, -0.05) is 0 Å².